The monoisotopic (exact) mass is 602 g/mol. The van der Waals surface area contributed by atoms with Crippen LogP contribution in [-0.2, 0) is 18.0 Å². The number of likely N-dealkylation sites (tertiary alicyclic amines) is 1. The molecule has 1 saturated heterocycles. The number of carbonyl (C=O) groups is 2. The fourth-order valence-electron chi connectivity index (χ4n) is 5.37. The van der Waals surface area contributed by atoms with E-state index < -0.39 is 35.0 Å². The number of anilines is 2. The number of carbonyl (C=O) groups excluding carboxylic acids is 2. The third-order valence-electron chi connectivity index (χ3n) is 7.33. The molecule has 1 atom stereocenters. The summed E-state index contributed by atoms with van der Waals surface area (Å²) in [5.41, 5.74) is 5.61. The Morgan fingerprint density at radius 1 is 1.21 bits per heavy atom. The fourth-order valence-corrected chi connectivity index (χ4v) is 5.37. The van der Waals surface area contributed by atoms with Crippen LogP contribution in [0.5, 0.6) is 5.75 Å². The molecule has 4 heterocycles. The van der Waals surface area contributed by atoms with Crippen molar-refractivity contribution in [3.05, 3.63) is 53.5 Å². The highest BCUT2D eigenvalue weighted by molar-refractivity contribution is 6.05. The van der Waals surface area contributed by atoms with Gasteiger partial charge < -0.3 is 20.7 Å². The minimum absolute atomic E-state index is 0.0434. The first kappa shape index (κ1) is 29.8. The van der Waals surface area contributed by atoms with Gasteiger partial charge in [-0.3, -0.25) is 18.7 Å². The summed E-state index contributed by atoms with van der Waals surface area (Å²) in [4.78, 5) is 36.3. The van der Waals surface area contributed by atoms with Crippen molar-refractivity contribution in [3.8, 4) is 17.0 Å². The molecule has 1 aliphatic rings. The number of benzene rings is 1. The second-order valence-electron chi connectivity index (χ2n) is 10.1. The molecule has 3 N–H and O–H groups in total. The highest BCUT2D eigenvalue weighted by Crippen LogP contribution is 2.39. The van der Waals surface area contributed by atoms with E-state index in [4.69, 9.17) is 15.5 Å². The molecule has 1 unspecified atom stereocenters. The number of hydrogen-bond donors (Lipinski definition) is 2. The van der Waals surface area contributed by atoms with Crippen LogP contribution in [-0.4, -0.2) is 60.6 Å². The van der Waals surface area contributed by atoms with Crippen LogP contribution in [0, 0.1) is 5.82 Å². The molecule has 0 bridgehead atoms. The number of alkyl halides is 3. The summed E-state index contributed by atoms with van der Waals surface area (Å²) < 4.78 is 63.2. The van der Waals surface area contributed by atoms with Crippen molar-refractivity contribution in [1.82, 2.24) is 29.0 Å². The summed E-state index contributed by atoms with van der Waals surface area (Å²) in [7, 11) is 1.08. The molecule has 15 heteroatoms. The van der Waals surface area contributed by atoms with Crippen molar-refractivity contribution < 1.29 is 31.9 Å². The Labute approximate surface area is 243 Å². The maximum atomic E-state index is 15.6. The lowest BCUT2D eigenvalue weighted by Crippen LogP contribution is -2.39. The maximum Gasteiger partial charge on any atom is 0.433 e. The second-order valence-corrected chi connectivity index (χ2v) is 10.1. The number of hydrogen-bond acceptors (Lipinski definition) is 7. The first-order chi connectivity index (χ1) is 20.4. The SMILES string of the molecule is CCOc1cc(C(=O)Nc2cc(C(F)(F)F)n(C)n2)c(F)cc1-c1nc(C2CCCN(C(=O)CC)C2)n2ccnc(N)c12. The Morgan fingerprint density at radius 3 is 2.65 bits per heavy atom. The van der Waals surface area contributed by atoms with E-state index >= 15 is 4.39 Å². The van der Waals surface area contributed by atoms with Gasteiger partial charge in [0.15, 0.2) is 5.82 Å². The normalized spacial score (nSPS) is 15.6. The molecule has 0 aliphatic carbocycles. The highest BCUT2D eigenvalue weighted by atomic mass is 19.4. The molecule has 1 aliphatic heterocycles. The van der Waals surface area contributed by atoms with Gasteiger partial charge in [-0.15, -0.1) is 0 Å². The topological polar surface area (TPSA) is 133 Å². The number of nitrogen functional groups attached to an aromatic ring is 1. The van der Waals surface area contributed by atoms with Gasteiger partial charge in [0.25, 0.3) is 5.91 Å². The Balaban J connectivity index is 1.56. The molecule has 2 amide bonds. The summed E-state index contributed by atoms with van der Waals surface area (Å²) in [6, 6.07) is 2.89. The fraction of sp³-hybridized carbons (Fsp3) is 0.393. The van der Waals surface area contributed by atoms with Crippen molar-refractivity contribution in [3.63, 3.8) is 0 Å². The number of amides is 2. The van der Waals surface area contributed by atoms with Gasteiger partial charge in [0.2, 0.25) is 5.91 Å². The zero-order valence-corrected chi connectivity index (χ0v) is 23.7. The van der Waals surface area contributed by atoms with Gasteiger partial charge in [-0.2, -0.15) is 18.3 Å². The first-order valence-corrected chi connectivity index (χ1v) is 13.7. The second kappa shape index (κ2) is 11.5. The number of nitrogens with one attached hydrogen (secondary N) is 1. The number of nitrogens with zero attached hydrogens (tertiary/aromatic N) is 6. The molecule has 4 aromatic rings. The average molecular weight is 603 g/mol. The van der Waals surface area contributed by atoms with Gasteiger partial charge in [-0.1, -0.05) is 6.92 Å². The zero-order valence-electron chi connectivity index (χ0n) is 23.7. The van der Waals surface area contributed by atoms with E-state index in [1.807, 2.05) is 6.92 Å². The van der Waals surface area contributed by atoms with E-state index in [0.29, 0.717) is 41.6 Å². The molecule has 11 nitrogen and oxygen atoms in total. The van der Waals surface area contributed by atoms with Crippen molar-refractivity contribution in [2.24, 2.45) is 7.05 Å². The van der Waals surface area contributed by atoms with Gasteiger partial charge in [-0.05, 0) is 31.9 Å². The molecule has 0 saturated carbocycles. The van der Waals surface area contributed by atoms with Gasteiger partial charge in [0.05, 0.1) is 12.2 Å². The maximum absolute atomic E-state index is 15.6. The van der Waals surface area contributed by atoms with Crippen molar-refractivity contribution in [2.75, 3.05) is 30.7 Å². The van der Waals surface area contributed by atoms with Crippen LogP contribution in [0.4, 0.5) is 29.2 Å². The molecule has 0 spiro atoms. The van der Waals surface area contributed by atoms with Crippen LogP contribution in [0.15, 0.2) is 30.6 Å². The number of halogens is 4. The van der Waals surface area contributed by atoms with Crippen LogP contribution >= 0.6 is 0 Å². The number of aromatic nitrogens is 5. The number of rotatable bonds is 7. The molecule has 43 heavy (non-hydrogen) atoms. The predicted octanol–water partition coefficient (Wildman–Crippen LogP) is 4.64. The van der Waals surface area contributed by atoms with E-state index in [2.05, 4.69) is 15.4 Å². The number of aryl methyl sites for hydroxylation is 1. The van der Waals surface area contributed by atoms with Crippen LogP contribution in [0.3, 0.4) is 0 Å². The molecular formula is C28H30F4N8O3. The van der Waals surface area contributed by atoms with Crippen LogP contribution in [0.25, 0.3) is 16.8 Å². The number of ether oxygens (including phenoxy) is 1. The smallest absolute Gasteiger partial charge is 0.433 e. The lowest BCUT2D eigenvalue weighted by atomic mass is 9.97. The van der Waals surface area contributed by atoms with Crippen molar-refractivity contribution in [2.45, 2.75) is 45.2 Å². The third kappa shape index (κ3) is 5.70. The molecule has 0 radical (unpaired) electrons. The molecular weight excluding hydrogens is 572 g/mol. The van der Waals surface area contributed by atoms with Gasteiger partial charge in [-0.25, -0.2) is 14.4 Å². The average Bonchev–Trinajstić information content (AvgIpc) is 3.54. The number of nitrogens with two attached hydrogens (primary N) is 1. The minimum atomic E-state index is -4.69. The number of piperidine rings is 1. The molecule has 228 valence electrons. The van der Waals surface area contributed by atoms with Crippen molar-refractivity contribution >= 4 is 29.0 Å². The third-order valence-corrected chi connectivity index (χ3v) is 7.33. The molecule has 5 rings (SSSR count). The van der Waals surface area contributed by atoms with E-state index in [9.17, 15) is 22.8 Å². The first-order valence-electron chi connectivity index (χ1n) is 13.7. The van der Waals surface area contributed by atoms with Crippen LogP contribution < -0.4 is 15.8 Å². The zero-order chi connectivity index (χ0) is 31.1. The number of fused-ring (bicyclic) bond motifs is 1. The molecule has 1 aromatic carbocycles. The lowest BCUT2D eigenvalue weighted by molar-refractivity contribution is -0.143. The van der Waals surface area contributed by atoms with Gasteiger partial charge in [0, 0.05) is 56.5 Å². The summed E-state index contributed by atoms with van der Waals surface area (Å²) in [6.07, 6.45) is 0.462. The lowest BCUT2D eigenvalue weighted by Gasteiger charge is -2.32. The standard InChI is InChI=1S/C28H30F4N8O3/c1-4-22(41)39-9-6-7-15(14-39)26-36-23(24-25(33)34-8-10-40(24)26)17-11-18(29)16(12-19(17)43-5-2)27(42)35-21-13-20(28(30,31)32)38(3)37-21/h8,10-13,15H,4-7,9,14H2,1-3H3,(H2,33,34)(H,35,37,42). The molecule has 3 aromatic heterocycles. The summed E-state index contributed by atoms with van der Waals surface area (Å²) in [5.74, 6) is -1.61. The Hall–Kier alpha value is -4.69. The largest absolute Gasteiger partial charge is 0.493 e. The summed E-state index contributed by atoms with van der Waals surface area (Å²) in [6.45, 7) is 4.78. The van der Waals surface area contributed by atoms with E-state index in [1.54, 1.807) is 22.4 Å². The Morgan fingerprint density at radius 2 is 1.98 bits per heavy atom. The quantitative estimate of drug-likeness (QED) is 0.295. The van der Waals surface area contributed by atoms with Crippen LogP contribution in [0.2, 0.25) is 0 Å². The summed E-state index contributed by atoms with van der Waals surface area (Å²) in [5, 5.41) is 5.88. The highest BCUT2D eigenvalue weighted by Gasteiger charge is 2.35. The van der Waals surface area contributed by atoms with E-state index in [0.717, 1.165) is 32.0 Å². The van der Waals surface area contributed by atoms with Crippen molar-refractivity contribution in [1.29, 1.82) is 0 Å². The Kier molecular flexibility index (Phi) is 7.99. The minimum Gasteiger partial charge on any atom is -0.493 e. The number of imidazole rings is 1. The van der Waals surface area contributed by atoms with Gasteiger partial charge in [0.1, 0.15) is 40.1 Å². The Bertz CT molecular complexity index is 1700. The summed E-state index contributed by atoms with van der Waals surface area (Å²) >= 11 is 0. The molecule has 1 fully saturated rings. The van der Waals surface area contributed by atoms with Gasteiger partial charge >= 0.3 is 6.18 Å². The predicted molar refractivity (Wildman–Crippen MR) is 149 cm³/mol. The van der Waals surface area contributed by atoms with Crippen LogP contribution in [0.1, 0.15) is 60.9 Å². The van der Waals surface area contributed by atoms with E-state index in [-0.39, 0.29) is 41.3 Å². The van der Waals surface area contributed by atoms with E-state index in [1.165, 1.54) is 6.20 Å².